The van der Waals surface area contributed by atoms with Crippen LogP contribution >= 0.6 is 0 Å². The number of halogens is 2. The first-order valence-electron chi connectivity index (χ1n) is 6.37. The van der Waals surface area contributed by atoms with Gasteiger partial charge in [0.05, 0.1) is 0 Å². The highest BCUT2D eigenvalue weighted by Crippen LogP contribution is 2.45. The van der Waals surface area contributed by atoms with Crippen LogP contribution in [0.5, 0.6) is 0 Å². The number of rotatable bonds is 0. The molecule has 6 atom stereocenters. The number of hydrogen-bond donors (Lipinski definition) is 0. The lowest BCUT2D eigenvalue weighted by Crippen LogP contribution is -2.42. The minimum atomic E-state index is -1.21. The van der Waals surface area contributed by atoms with E-state index in [4.69, 9.17) is 0 Å². The van der Waals surface area contributed by atoms with Crippen LogP contribution in [0.15, 0.2) is 0 Å². The molecule has 2 saturated carbocycles. The maximum absolute atomic E-state index is 13.9. The summed E-state index contributed by atoms with van der Waals surface area (Å²) in [5.41, 5.74) is 0. The van der Waals surface area contributed by atoms with E-state index in [1.165, 1.54) is 12.8 Å². The Morgan fingerprint density at radius 1 is 0.933 bits per heavy atom. The fourth-order valence-corrected chi connectivity index (χ4v) is 3.56. The van der Waals surface area contributed by atoms with Crippen LogP contribution in [0.1, 0.15) is 46.0 Å². The monoisotopic (exact) mass is 216 g/mol. The molecular formula is C13H22F2. The second-order valence-electron chi connectivity index (χ2n) is 5.80. The summed E-state index contributed by atoms with van der Waals surface area (Å²) in [5, 5.41) is 0. The molecule has 0 aromatic rings. The Balaban J connectivity index is 2.11. The zero-order valence-corrected chi connectivity index (χ0v) is 9.76. The maximum Gasteiger partial charge on any atom is 0.134 e. The molecule has 0 aromatic carbocycles. The summed E-state index contributed by atoms with van der Waals surface area (Å²) in [6.45, 7) is 4.04. The van der Waals surface area contributed by atoms with Crippen LogP contribution in [-0.4, -0.2) is 12.3 Å². The maximum atomic E-state index is 13.9. The predicted octanol–water partition coefficient (Wildman–Crippen LogP) is 4.14. The van der Waals surface area contributed by atoms with Crippen molar-refractivity contribution in [2.24, 2.45) is 23.7 Å². The first kappa shape index (κ1) is 11.3. The average molecular weight is 216 g/mol. The number of hydrogen-bond acceptors (Lipinski definition) is 0. The zero-order chi connectivity index (χ0) is 11.0. The molecule has 88 valence electrons. The van der Waals surface area contributed by atoms with Crippen LogP contribution in [-0.2, 0) is 0 Å². The van der Waals surface area contributed by atoms with Crippen molar-refractivity contribution in [3.8, 4) is 0 Å². The van der Waals surface area contributed by atoms with Crippen molar-refractivity contribution in [3.05, 3.63) is 0 Å². The van der Waals surface area contributed by atoms with Crippen molar-refractivity contribution in [2.45, 2.75) is 58.3 Å². The van der Waals surface area contributed by atoms with Crippen molar-refractivity contribution < 1.29 is 8.78 Å². The van der Waals surface area contributed by atoms with Crippen molar-refractivity contribution in [1.29, 1.82) is 0 Å². The van der Waals surface area contributed by atoms with Gasteiger partial charge in [0.2, 0.25) is 0 Å². The zero-order valence-electron chi connectivity index (χ0n) is 9.76. The fraction of sp³-hybridized carbons (Fsp3) is 1.00. The van der Waals surface area contributed by atoms with Gasteiger partial charge >= 0.3 is 0 Å². The Kier molecular flexibility index (Phi) is 3.32. The summed E-state index contributed by atoms with van der Waals surface area (Å²) in [7, 11) is 0. The van der Waals surface area contributed by atoms with Gasteiger partial charge in [-0.05, 0) is 36.5 Å². The van der Waals surface area contributed by atoms with E-state index in [-0.39, 0.29) is 11.8 Å². The van der Waals surface area contributed by atoms with Gasteiger partial charge in [0.15, 0.2) is 0 Å². The van der Waals surface area contributed by atoms with Crippen LogP contribution in [0.25, 0.3) is 0 Å². The highest BCUT2D eigenvalue weighted by atomic mass is 19.2. The molecule has 0 nitrogen and oxygen atoms in total. The highest BCUT2D eigenvalue weighted by molar-refractivity contribution is 4.93. The summed E-state index contributed by atoms with van der Waals surface area (Å²) in [5.74, 6) is 0.967. The van der Waals surface area contributed by atoms with Crippen LogP contribution in [0.4, 0.5) is 8.78 Å². The van der Waals surface area contributed by atoms with E-state index in [0.717, 1.165) is 19.3 Å². The summed E-state index contributed by atoms with van der Waals surface area (Å²) in [6.07, 6.45) is 2.92. The van der Waals surface area contributed by atoms with Crippen molar-refractivity contribution in [1.82, 2.24) is 0 Å². The molecule has 2 aliphatic carbocycles. The molecule has 0 heterocycles. The van der Waals surface area contributed by atoms with E-state index in [1.807, 2.05) is 6.92 Å². The summed E-state index contributed by atoms with van der Waals surface area (Å²) in [6, 6.07) is 0. The third kappa shape index (κ3) is 2.19. The van der Waals surface area contributed by atoms with E-state index >= 15 is 0 Å². The van der Waals surface area contributed by atoms with Gasteiger partial charge in [-0.15, -0.1) is 0 Å². The molecule has 0 radical (unpaired) electrons. The molecule has 2 aliphatic rings. The molecule has 2 rings (SSSR count). The molecule has 0 aromatic heterocycles. The SMILES string of the molecule is CC1CCCC2CC(C)C(F)C(F)C2C1. The fourth-order valence-electron chi connectivity index (χ4n) is 3.56. The van der Waals surface area contributed by atoms with Gasteiger partial charge in [0, 0.05) is 0 Å². The molecule has 0 saturated heterocycles. The quantitative estimate of drug-likeness (QED) is 0.570. The molecule has 0 amide bonds. The Morgan fingerprint density at radius 2 is 1.67 bits per heavy atom. The minimum absolute atomic E-state index is 0.00806. The largest absolute Gasteiger partial charge is 0.244 e. The molecule has 6 unspecified atom stereocenters. The molecule has 2 heteroatoms. The Morgan fingerprint density at radius 3 is 2.40 bits per heavy atom. The van der Waals surface area contributed by atoms with Crippen molar-refractivity contribution in [2.75, 3.05) is 0 Å². The Labute approximate surface area is 91.4 Å². The van der Waals surface area contributed by atoms with Crippen LogP contribution in [0, 0.1) is 23.7 Å². The molecule has 0 spiro atoms. The van der Waals surface area contributed by atoms with Crippen LogP contribution < -0.4 is 0 Å². The highest BCUT2D eigenvalue weighted by Gasteiger charge is 2.44. The number of alkyl halides is 2. The lowest BCUT2D eigenvalue weighted by molar-refractivity contribution is -0.0127. The minimum Gasteiger partial charge on any atom is -0.244 e. The second-order valence-corrected chi connectivity index (χ2v) is 5.80. The van der Waals surface area contributed by atoms with E-state index in [9.17, 15) is 8.78 Å². The van der Waals surface area contributed by atoms with Gasteiger partial charge in [-0.2, -0.15) is 0 Å². The number of fused-ring (bicyclic) bond motifs is 1. The molecule has 0 aliphatic heterocycles. The standard InChI is InChI=1S/C13H22F2/c1-8-4-3-5-10-7-9(2)12(14)13(15)11(10)6-8/h8-13H,3-7H2,1-2H3. The van der Waals surface area contributed by atoms with E-state index < -0.39 is 12.3 Å². The third-order valence-corrected chi connectivity index (χ3v) is 4.48. The van der Waals surface area contributed by atoms with Crippen molar-refractivity contribution >= 4 is 0 Å². The first-order valence-corrected chi connectivity index (χ1v) is 6.37. The van der Waals surface area contributed by atoms with E-state index in [1.54, 1.807) is 0 Å². The Bertz CT molecular complexity index is 217. The molecule has 0 N–H and O–H groups in total. The van der Waals surface area contributed by atoms with E-state index in [0.29, 0.717) is 11.8 Å². The van der Waals surface area contributed by atoms with E-state index in [2.05, 4.69) is 6.92 Å². The lowest BCUT2D eigenvalue weighted by Gasteiger charge is -2.39. The molecule has 2 fully saturated rings. The topological polar surface area (TPSA) is 0 Å². The van der Waals surface area contributed by atoms with Gasteiger partial charge in [-0.1, -0.05) is 33.1 Å². The lowest BCUT2D eigenvalue weighted by atomic mass is 9.70. The second kappa shape index (κ2) is 4.39. The van der Waals surface area contributed by atoms with Gasteiger partial charge in [-0.3, -0.25) is 0 Å². The average Bonchev–Trinajstić information content (AvgIpc) is 2.37. The van der Waals surface area contributed by atoms with Gasteiger partial charge in [0.1, 0.15) is 12.3 Å². The summed E-state index contributed by atoms with van der Waals surface area (Å²) >= 11 is 0. The summed E-state index contributed by atoms with van der Waals surface area (Å²) < 4.78 is 27.6. The van der Waals surface area contributed by atoms with Crippen LogP contribution in [0.3, 0.4) is 0 Å². The van der Waals surface area contributed by atoms with Gasteiger partial charge in [-0.25, -0.2) is 8.78 Å². The normalized spacial score (nSPS) is 52.0. The summed E-state index contributed by atoms with van der Waals surface area (Å²) in [4.78, 5) is 0. The van der Waals surface area contributed by atoms with Crippen molar-refractivity contribution in [3.63, 3.8) is 0 Å². The van der Waals surface area contributed by atoms with Gasteiger partial charge < -0.3 is 0 Å². The Hall–Kier alpha value is -0.140. The van der Waals surface area contributed by atoms with Crippen LogP contribution in [0.2, 0.25) is 0 Å². The molecule has 0 bridgehead atoms. The first-order chi connectivity index (χ1) is 7.09. The smallest absolute Gasteiger partial charge is 0.134 e. The molecule has 15 heavy (non-hydrogen) atoms. The molecular weight excluding hydrogens is 194 g/mol. The third-order valence-electron chi connectivity index (χ3n) is 4.48. The predicted molar refractivity (Wildman–Crippen MR) is 58.2 cm³/mol. The van der Waals surface area contributed by atoms with Gasteiger partial charge in [0.25, 0.3) is 0 Å².